The summed E-state index contributed by atoms with van der Waals surface area (Å²) in [5.41, 5.74) is -0.00258. The molecule has 18 heavy (non-hydrogen) atoms. The summed E-state index contributed by atoms with van der Waals surface area (Å²) in [5.74, 6) is -1.75. The van der Waals surface area contributed by atoms with E-state index in [1.54, 1.807) is 0 Å². The van der Waals surface area contributed by atoms with Crippen molar-refractivity contribution in [1.82, 2.24) is 0 Å². The number of benzene rings is 1. The van der Waals surface area contributed by atoms with Crippen LogP contribution in [0.3, 0.4) is 0 Å². The summed E-state index contributed by atoms with van der Waals surface area (Å²) in [6.07, 6.45) is 3.02. The molecule has 0 bridgehead atoms. The van der Waals surface area contributed by atoms with Crippen molar-refractivity contribution in [2.45, 2.75) is 31.8 Å². The lowest BCUT2D eigenvalue weighted by Crippen LogP contribution is -2.25. The molecule has 3 nitrogen and oxygen atoms in total. The number of halogens is 2. The van der Waals surface area contributed by atoms with Crippen molar-refractivity contribution < 1.29 is 18.3 Å². The number of nitrogens with one attached hydrogen (secondary N) is 1. The van der Waals surface area contributed by atoms with Crippen LogP contribution in [-0.4, -0.2) is 18.6 Å². The van der Waals surface area contributed by atoms with E-state index in [0.29, 0.717) is 6.61 Å². The van der Waals surface area contributed by atoms with E-state index in [1.165, 1.54) is 6.07 Å². The van der Waals surface area contributed by atoms with Gasteiger partial charge in [-0.3, -0.25) is 4.79 Å². The third-order valence-electron chi connectivity index (χ3n) is 2.89. The van der Waals surface area contributed by atoms with Gasteiger partial charge in [-0.2, -0.15) is 0 Å². The molecule has 1 atom stereocenters. The fourth-order valence-corrected chi connectivity index (χ4v) is 1.97. The van der Waals surface area contributed by atoms with Crippen LogP contribution in [0.2, 0.25) is 0 Å². The maximum atomic E-state index is 13.3. The third-order valence-corrected chi connectivity index (χ3v) is 2.89. The van der Waals surface area contributed by atoms with Crippen LogP contribution >= 0.6 is 0 Å². The zero-order valence-electron chi connectivity index (χ0n) is 9.92. The first-order valence-corrected chi connectivity index (χ1v) is 6.01. The molecule has 1 aliphatic rings. The first-order chi connectivity index (χ1) is 8.65. The van der Waals surface area contributed by atoms with E-state index >= 15 is 0 Å². The minimum atomic E-state index is -0.770. The Labute approximate surface area is 104 Å². The Balaban J connectivity index is 1.90. The van der Waals surface area contributed by atoms with Crippen molar-refractivity contribution in [3.05, 3.63) is 29.8 Å². The quantitative estimate of drug-likeness (QED) is 0.901. The fraction of sp³-hybridized carbons (Fsp3) is 0.462. The van der Waals surface area contributed by atoms with Crippen LogP contribution in [0, 0.1) is 11.6 Å². The second-order valence-corrected chi connectivity index (χ2v) is 4.37. The molecule has 0 spiro atoms. The summed E-state index contributed by atoms with van der Waals surface area (Å²) in [7, 11) is 0. The molecule has 5 heteroatoms. The van der Waals surface area contributed by atoms with E-state index in [4.69, 9.17) is 4.74 Å². The minimum Gasteiger partial charge on any atom is -0.378 e. The van der Waals surface area contributed by atoms with E-state index in [0.717, 1.165) is 31.4 Å². The number of hydrogen-bond acceptors (Lipinski definition) is 2. The van der Waals surface area contributed by atoms with Crippen LogP contribution in [0.4, 0.5) is 14.5 Å². The molecule has 1 heterocycles. The van der Waals surface area contributed by atoms with Gasteiger partial charge in [0.25, 0.3) is 0 Å². The highest BCUT2D eigenvalue weighted by atomic mass is 19.1. The van der Waals surface area contributed by atoms with Gasteiger partial charge in [-0.25, -0.2) is 8.78 Å². The van der Waals surface area contributed by atoms with Gasteiger partial charge < -0.3 is 10.1 Å². The summed E-state index contributed by atoms with van der Waals surface area (Å²) in [4.78, 5) is 11.7. The van der Waals surface area contributed by atoms with E-state index in [9.17, 15) is 13.6 Å². The zero-order chi connectivity index (χ0) is 13.0. The van der Waals surface area contributed by atoms with Crippen LogP contribution in [0.15, 0.2) is 18.2 Å². The molecular weight excluding hydrogens is 240 g/mol. The Morgan fingerprint density at radius 1 is 1.39 bits per heavy atom. The van der Waals surface area contributed by atoms with Crippen molar-refractivity contribution in [2.75, 3.05) is 11.9 Å². The second-order valence-electron chi connectivity index (χ2n) is 4.37. The predicted octanol–water partition coefficient (Wildman–Crippen LogP) is 2.86. The second kappa shape index (κ2) is 5.91. The predicted molar refractivity (Wildman–Crippen MR) is 63.2 cm³/mol. The Bertz CT molecular complexity index is 431. The largest absolute Gasteiger partial charge is 0.378 e. The van der Waals surface area contributed by atoms with Crippen molar-refractivity contribution in [2.24, 2.45) is 0 Å². The maximum Gasteiger partial charge on any atom is 0.227 e. The first-order valence-electron chi connectivity index (χ1n) is 6.01. The SMILES string of the molecule is O=C(CC1CCCCO1)Nc1ccc(F)cc1F. The molecule has 1 unspecified atom stereocenters. The molecule has 0 aromatic heterocycles. The number of carbonyl (C=O) groups excluding carboxylic acids is 1. The van der Waals surface area contributed by atoms with E-state index in [2.05, 4.69) is 5.32 Å². The Kier molecular flexibility index (Phi) is 4.25. The lowest BCUT2D eigenvalue weighted by molar-refractivity contribution is -0.119. The molecule has 1 amide bonds. The van der Waals surface area contributed by atoms with Crippen LogP contribution in [-0.2, 0) is 9.53 Å². The number of rotatable bonds is 3. The molecule has 0 saturated carbocycles. The average molecular weight is 255 g/mol. The van der Waals surface area contributed by atoms with E-state index in [-0.39, 0.29) is 24.1 Å². The maximum absolute atomic E-state index is 13.3. The Hall–Kier alpha value is -1.49. The number of amides is 1. The van der Waals surface area contributed by atoms with E-state index in [1.807, 2.05) is 0 Å². The molecule has 1 aromatic carbocycles. The van der Waals surface area contributed by atoms with Gasteiger partial charge in [0, 0.05) is 12.7 Å². The summed E-state index contributed by atoms with van der Waals surface area (Å²) in [6.45, 7) is 0.670. The normalized spacial score (nSPS) is 19.6. The molecule has 0 aliphatic carbocycles. The van der Waals surface area contributed by atoms with Gasteiger partial charge in [-0.05, 0) is 31.4 Å². The standard InChI is InChI=1S/C13H15F2NO2/c14-9-4-5-12(11(15)7-9)16-13(17)8-10-3-1-2-6-18-10/h4-5,7,10H,1-3,6,8H2,(H,16,17). The van der Waals surface area contributed by atoms with Gasteiger partial charge in [0.2, 0.25) is 5.91 Å². The van der Waals surface area contributed by atoms with Gasteiger partial charge in [0.05, 0.1) is 18.2 Å². The smallest absolute Gasteiger partial charge is 0.227 e. The van der Waals surface area contributed by atoms with Gasteiger partial charge in [0.1, 0.15) is 11.6 Å². The fourth-order valence-electron chi connectivity index (χ4n) is 1.97. The van der Waals surface area contributed by atoms with Gasteiger partial charge in [0.15, 0.2) is 0 Å². The van der Waals surface area contributed by atoms with Crippen LogP contribution in [0.1, 0.15) is 25.7 Å². The van der Waals surface area contributed by atoms with Crippen molar-refractivity contribution in [3.8, 4) is 0 Å². The number of hydrogen-bond donors (Lipinski definition) is 1. The molecule has 1 aliphatic heterocycles. The van der Waals surface area contributed by atoms with Crippen molar-refractivity contribution >= 4 is 11.6 Å². The Morgan fingerprint density at radius 2 is 2.22 bits per heavy atom. The molecule has 1 fully saturated rings. The topological polar surface area (TPSA) is 38.3 Å². The summed E-state index contributed by atoms with van der Waals surface area (Å²) in [5, 5.41) is 2.42. The van der Waals surface area contributed by atoms with Gasteiger partial charge >= 0.3 is 0 Å². The lowest BCUT2D eigenvalue weighted by Gasteiger charge is -2.21. The zero-order valence-corrected chi connectivity index (χ0v) is 9.92. The molecular formula is C13H15F2NO2. The molecule has 2 rings (SSSR count). The lowest BCUT2D eigenvalue weighted by atomic mass is 10.1. The highest BCUT2D eigenvalue weighted by molar-refractivity contribution is 5.91. The summed E-state index contributed by atoms with van der Waals surface area (Å²) in [6, 6.07) is 3.06. The monoisotopic (exact) mass is 255 g/mol. The van der Waals surface area contributed by atoms with Crippen molar-refractivity contribution in [1.29, 1.82) is 0 Å². The van der Waals surface area contributed by atoms with Crippen molar-refractivity contribution in [3.63, 3.8) is 0 Å². The number of ether oxygens (including phenoxy) is 1. The summed E-state index contributed by atoms with van der Waals surface area (Å²) < 4.78 is 31.4. The first kappa shape index (κ1) is 13.0. The minimum absolute atomic E-state index is 0.00258. The highest BCUT2D eigenvalue weighted by Crippen LogP contribution is 2.18. The number of anilines is 1. The van der Waals surface area contributed by atoms with Crippen LogP contribution in [0.25, 0.3) is 0 Å². The van der Waals surface area contributed by atoms with E-state index < -0.39 is 11.6 Å². The molecule has 98 valence electrons. The highest BCUT2D eigenvalue weighted by Gasteiger charge is 2.18. The van der Waals surface area contributed by atoms with Crippen LogP contribution in [0.5, 0.6) is 0 Å². The van der Waals surface area contributed by atoms with Crippen LogP contribution < -0.4 is 5.32 Å². The molecule has 1 saturated heterocycles. The molecule has 1 N–H and O–H groups in total. The molecule has 0 radical (unpaired) electrons. The summed E-state index contributed by atoms with van der Waals surface area (Å²) >= 11 is 0. The average Bonchev–Trinajstić information content (AvgIpc) is 2.34. The third kappa shape index (κ3) is 3.50. The Morgan fingerprint density at radius 3 is 2.89 bits per heavy atom. The number of carbonyl (C=O) groups is 1. The molecule has 1 aromatic rings. The van der Waals surface area contributed by atoms with Gasteiger partial charge in [-0.1, -0.05) is 0 Å². The van der Waals surface area contributed by atoms with Gasteiger partial charge in [-0.15, -0.1) is 0 Å².